The zero-order chi connectivity index (χ0) is 14.8. The summed E-state index contributed by atoms with van der Waals surface area (Å²) in [5.41, 5.74) is 3.39. The van der Waals surface area contributed by atoms with Crippen molar-refractivity contribution in [2.45, 2.75) is 6.04 Å². The van der Waals surface area contributed by atoms with E-state index in [0.29, 0.717) is 11.9 Å². The van der Waals surface area contributed by atoms with Crippen molar-refractivity contribution in [1.29, 1.82) is 0 Å². The van der Waals surface area contributed by atoms with Crippen LogP contribution in [0.3, 0.4) is 0 Å². The van der Waals surface area contributed by atoms with Crippen molar-refractivity contribution in [3.63, 3.8) is 0 Å². The summed E-state index contributed by atoms with van der Waals surface area (Å²) in [7, 11) is 4.32. The van der Waals surface area contributed by atoms with Crippen LogP contribution in [0.15, 0.2) is 18.6 Å². The van der Waals surface area contributed by atoms with Crippen molar-refractivity contribution in [1.82, 2.24) is 24.2 Å². The molecule has 0 aliphatic carbocycles. The van der Waals surface area contributed by atoms with Gasteiger partial charge in [-0.05, 0) is 14.1 Å². The molecule has 1 atom stereocenters. The third-order valence-corrected chi connectivity index (χ3v) is 4.01. The summed E-state index contributed by atoms with van der Waals surface area (Å²) >= 11 is 0. The molecule has 4 N–H and O–H groups in total. The molecule has 0 aromatic carbocycles. The number of nitrogens with zero attached hydrogens (tertiary/aromatic N) is 5. The summed E-state index contributed by atoms with van der Waals surface area (Å²) in [5.74, 6) is 6.82. The van der Waals surface area contributed by atoms with Crippen molar-refractivity contribution in [2.24, 2.45) is 5.84 Å². The van der Waals surface area contributed by atoms with Gasteiger partial charge in [0, 0.05) is 44.6 Å². The Morgan fingerprint density at radius 3 is 3.05 bits per heavy atom. The highest BCUT2D eigenvalue weighted by atomic mass is 15.3. The summed E-state index contributed by atoms with van der Waals surface area (Å²) in [6, 6.07) is 0.454. The smallest absolute Gasteiger partial charge is 0.180 e. The molecule has 3 heterocycles. The second kappa shape index (κ2) is 5.84. The first-order chi connectivity index (χ1) is 10.2. The minimum atomic E-state index is 0.454. The number of likely N-dealkylation sites (N-methyl/N-ethyl adjacent to an activating group) is 2. The van der Waals surface area contributed by atoms with Gasteiger partial charge in [0.15, 0.2) is 17.3 Å². The van der Waals surface area contributed by atoms with Crippen LogP contribution in [0.1, 0.15) is 0 Å². The Balaban J connectivity index is 1.76. The van der Waals surface area contributed by atoms with E-state index in [4.69, 9.17) is 5.84 Å². The zero-order valence-corrected chi connectivity index (χ0v) is 12.5. The van der Waals surface area contributed by atoms with E-state index in [1.54, 1.807) is 6.20 Å². The molecule has 1 aliphatic heterocycles. The van der Waals surface area contributed by atoms with Crippen LogP contribution in [0.5, 0.6) is 0 Å². The lowest BCUT2D eigenvalue weighted by molar-refractivity contribution is 0.122. The molecule has 2 aromatic rings. The van der Waals surface area contributed by atoms with Gasteiger partial charge in [0.25, 0.3) is 0 Å². The monoisotopic (exact) mass is 290 g/mol. The number of aromatic nitrogens is 3. The largest absolute Gasteiger partial charge is 0.365 e. The molecule has 1 unspecified atom stereocenters. The van der Waals surface area contributed by atoms with Gasteiger partial charge in [-0.2, -0.15) is 0 Å². The van der Waals surface area contributed by atoms with Crippen LogP contribution in [0.25, 0.3) is 5.65 Å². The lowest BCUT2D eigenvalue weighted by Crippen LogP contribution is -2.52. The fraction of sp³-hybridized carbons (Fsp3) is 0.538. The first kappa shape index (κ1) is 14.1. The highest BCUT2D eigenvalue weighted by Gasteiger charge is 2.22. The van der Waals surface area contributed by atoms with Gasteiger partial charge in [-0.1, -0.05) is 0 Å². The van der Waals surface area contributed by atoms with Gasteiger partial charge in [0.1, 0.15) is 0 Å². The standard InChI is InChI=1S/C13H22N8/c1-19-5-6-20(2)10(8-19)7-16-12-13-15-3-4-21(13)9-11(17-12)18-14/h3-4,9-10,18H,5-8,14H2,1-2H3,(H,16,17). The van der Waals surface area contributed by atoms with Crippen LogP contribution in [0.2, 0.25) is 0 Å². The number of rotatable bonds is 4. The van der Waals surface area contributed by atoms with Gasteiger partial charge in [0.05, 0.1) is 6.20 Å². The molecule has 2 aromatic heterocycles. The first-order valence-corrected chi connectivity index (χ1v) is 7.10. The van der Waals surface area contributed by atoms with E-state index in [2.05, 4.69) is 44.6 Å². The molecular formula is C13H22N8. The summed E-state index contributed by atoms with van der Waals surface area (Å²) in [6.07, 6.45) is 5.45. The minimum Gasteiger partial charge on any atom is -0.365 e. The van der Waals surface area contributed by atoms with E-state index in [1.165, 1.54) is 0 Å². The second-order valence-electron chi connectivity index (χ2n) is 5.55. The molecule has 0 amide bonds. The lowest BCUT2D eigenvalue weighted by Gasteiger charge is -2.37. The molecular weight excluding hydrogens is 268 g/mol. The van der Waals surface area contributed by atoms with Crippen LogP contribution in [-0.2, 0) is 0 Å². The van der Waals surface area contributed by atoms with E-state index in [-0.39, 0.29) is 0 Å². The van der Waals surface area contributed by atoms with Gasteiger partial charge in [-0.25, -0.2) is 15.8 Å². The highest BCUT2D eigenvalue weighted by molar-refractivity contribution is 5.65. The highest BCUT2D eigenvalue weighted by Crippen LogP contribution is 2.16. The average Bonchev–Trinajstić information content (AvgIpc) is 2.96. The van der Waals surface area contributed by atoms with Crippen LogP contribution in [0.4, 0.5) is 11.6 Å². The molecule has 1 aliphatic rings. The predicted molar refractivity (Wildman–Crippen MR) is 83.2 cm³/mol. The number of nitrogens with one attached hydrogen (secondary N) is 2. The average molecular weight is 290 g/mol. The Hall–Kier alpha value is -1.90. The summed E-state index contributed by atoms with van der Waals surface area (Å²) in [6.45, 7) is 4.06. The van der Waals surface area contributed by atoms with Crippen molar-refractivity contribution < 1.29 is 0 Å². The molecule has 0 radical (unpaired) electrons. The number of nitrogens with two attached hydrogens (primary N) is 1. The topological polar surface area (TPSA) is 86.8 Å². The summed E-state index contributed by atoms with van der Waals surface area (Å²) < 4.78 is 1.90. The zero-order valence-electron chi connectivity index (χ0n) is 12.5. The van der Waals surface area contributed by atoms with Crippen molar-refractivity contribution in [3.05, 3.63) is 18.6 Å². The Labute approximate surface area is 123 Å². The number of anilines is 2. The molecule has 0 saturated carbocycles. The van der Waals surface area contributed by atoms with Gasteiger partial charge < -0.3 is 20.0 Å². The second-order valence-corrected chi connectivity index (χ2v) is 5.55. The number of hydrazine groups is 1. The summed E-state index contributed by atoms with van der Waals surface area (Å²) in [4.78, 5) is 13.5. The maximum atomic E-state index is 5.47. The molecule has 114 valence electrons. The molecule has 1 fully saturated rings. The minimum absolute atomic E-state index is 0.454. The normalized spacial score (nSPS) is 20.8. The third-order valence-electron chi connectivity index (χ3n) is 4.01. The Morgan fingerprint density at radius 1 is 1.38 bits per heavy atom. The van der Waals surface area contributed by atoms with Gasteiger partial charge in [-0.15, -0.1) is 0 Å². The fourth-order valence-electron chi connectivity index (χ4n) is 2.66. The van der Waals surface area contributed by atoms with Gasteiger partial charge in [0.2, 0.25) is 0 Å². The molecule has 1 saturated heterocycles. The fourth-order valence-corrected chi connectivity index (χ4v) is 2.66. The number of piperazine rings is 1. The molecule has 8 heteroatoms. The molecule has 21 heavy (non-hydrogen) atoms. The predicted octanol–water partition coefficient (Wildman–Crippen LogP) is -0.327. The number of hydrogen-bond acceptors (Lipinski definition) is 7. The quantitative estimate of drug-likeness (QED) is 0.525. The van der Waals surface area contributed by atoms with E-state index < -0.39 is 0 Å². The Morgan fingerprint density at radius 2 is 2.24 bits per heavy atom. The Bertz CT molecular complexity index is 609. The van der Waals surface area contributed by atoms with Crippen LogP contribution < -0.4 is 16.6 Å². The van der Waals surface area contributed by atoms with E-state index in [0.717, 1.165) is 37.6 Å². The SMILES string of the molecule is CN1CCN(C)C(CNc2nc(NN)cn3ccnc23)C1. The maximum Gasteiger partial charge on any atom is 0.180 e. The molecule has 8 nitrogen and oxygen atoms in total. The van der Waals surface area contributed by atoms with Crippen molar-refractivity contribution in [2.75, 3.05) is 51.0 Å². The van der Waals surface area contributed by atoms with Crippen LogP contribution >= 0.6 is 0 Å². The Kier molecular flexibility index (Phi) is 3.91. The third kappa shape index (κ3) is 2.92. The van der Waals surface area contributed by atoms with E-state index >= 15 is 0 Å². The molecule has 3 rings (SSSR count). The van der Waals surface area contributed by atoms with E-state index in [1.807, 2.05) is 16.8 Å². The lowest BCUT2D eigenvalue weighted by atomic mass is 10.2. The van der Waals surface area contributed by atoms with Gasteiger partial charge >= 0.3 is 0 Å². The first-order valence-electron chi connectivity index (χ1n) is 7.10. The van der Waals surface area contributed by atoms with E-state index in [9.17, 15) is 0 Å². The van der Waals surface area contributed by atoms with Crippen molar-refractivity contribution >= 4 is 17.3 Å². The van der Waals surface area contributed by atoms with Crippen molar-refractivity contribution in [3.8, 4) is 0 Å². The van der Waals surface area contributed by atoms with Crippen LogP contribution in [0, 0.1) is 0 Å². The molecule has 0 spiro atoms. The number of hydrogen-bond donors (Lipinski definition) is 3. The number of imidazole rings is 1. The molecule has 0 bridgehead atoms. The summed E-state index contributed by atoms with van der Waals surface area (Å²) in [5, 5.41) is 3.41. The van der Waals surface area contributed by atoms with Crippen LogP contribution in [-0.4, -0.2) is 70.5 Å². The number of fused-ring (bicyclic) bond motifs is 1. The van der Waals surface area contributed by atoms with Gasteiger partial charge in [-0.3, -0.25) is 4.90 Å². The maximum absolute atomic E-state index is 5.47. The number of nitrogen functional groups attached to an aromatic ring is 1.